The topological polar surface area (TPSA) is 145 Å². The van der Waals surface area contributed by atoms with E-state index in [2.05, 4.69) is 16.4 Å². The molecule has 2 heterocycles. The molecule has 2 aromatic carbocycles. The predicted octanol–water partition coefficient (Wildman–Crippen LogP) is 1.99. The van der Waals surface area contributed by atoms with Gasteiger partial charge in [0.05, 0.1) is 32.9 Å². The standard InChI is InChI=1S/C22H14N4O5/c1-11-15(9-23)19-25-17-4-2-3-5-18(17)26(19)20(27)16(11)10-24-14-7-12(21(28)29)6-13(8-14)22(30)31/h2-8,10,24H,1H3,(H,28,29)(H,30,31). The minimum atomic E-state index is -1.29. The number of aromatic nitrogens is 2. The lowest BCUT2D eigenvalue weighted by Crippen LogP contribution is -2.34. The van der Waals surface area contributed by atoms with Crippen molar-refractivity contribution in [3.05, 3.63) is 80.3 Å². The van der Waals surface area contributed by atoms with Crippen molar-refractivity contribution >= 4 is 40.5 Å². The third kappa shape index (κ3) is 3.22. The number of benzene rings is 2. The van der Waals surface area contributed by atoms with Gasteiger partial charge in [-0.2, -0.15) is 5.26 Å². The number of hydrogen-bond acceptors (Lipinski definition) is 6. The molecule has 0 fully saturated rings. The van der Waals surface area contributed by atoms with E-state index in [1.807, 2.05) is 0 Å². The number of anilines is 1. The molecular weight excluding hydrogens is 400 g/mol. The van der Waals surface area contributed by atoms with Crippen LogP contribution in [0.4, 0.5) is 5.69 Å². The molecule has 0 amide bonds. The molecule has 0 radical (unpaired) electrons. The normalized spacial score (nSPS) is 11.5. The molecule has 31 heavy (non-hydrogen) atoms. The molecule has 9 heteroatoms. The predicted molar refractivity (Wildman–Crippen MR) is 112 cm³/mol. The average molecular weight is 414 g/mol. The van der Waals surface area contributed by atoms with Crippen LogP contribution >= 0.6 is 0 Å². The maximum Gasteiger partial charge on any atom is 0.335 e. The van der Waals surface area contributed by atoms with Gasteiger partial charge in [-0.25, -0.2) is 14.6 Å². The van der Waals surface area contributed by atoms with Gasteiger partial charge in [-0.3, -0.25) is 9.20 Å². The molecule has 0 aliphatic heterocycles. The SMILES string of the molecule is Cc1c(C#N)c2nc3ccccc3n2c(=O)c1=CNc1cc(C(=O)O)cc(C(=O)O)c1. The van der Waals surface area contributed by atoms with Crippen molar-refractivity contribution in [2.45, 2.75) is 6.92 Å². The number of aromatic carboxylic acids is 2. The molecule has 0 aliphatic carbocycles. The summed E-state index contributed by atoms with van der Waals surface area (Å²) in [6.45, 7) is 1.61. The van der Waals surface area contributed by atoms with Gasteiger partial charge in [0.2, 0.25) is 0 Å². The summed E-state index contributed by atoms with van der Waals surface area (Å²) in [4.78, 5) is 40.2. The number of carbonyl (C=O) groups is 2. The summed E-state index contributed by atoms with van der Waals surface area (Å²) in [5.41, 5.74) is 1.32. The van der Waals surface area contributed by atoms with Gasteiger partial charge < -0.3 is 15.5 Å². The molecule has 0 aliphatic rings. The summed E-state index contributed by atoms with van der Waals surface area (Å²) in [6.07, 6.45) is 1.33. The molecule has 0 saturated heterocycles. The third-order valence-corrected chi connectivity index (χ3v) is 4.92. The van der Waals surface area contributed by atoms with Gasteiger partial charge >= 0.3 is 11.9 Å². The number of imidazole rings is 1. The number of carboxylic acid groups (broad SMARTS) is 2. The summed E-state index contributed by atoms with van der Waals surface area (Å²) in [6, 6.07) is 12.6. The van der Waals surface area contributed by atoms with Crippen molar-refractivity contribution in [1.29, 1.82) is 5.26 Å². The van der Waals surface area contributed by atoms with E-state index in [0.29, 0.717) is 16.6 Å². The molecule has 3 N–H and O–H groups in total. The van der Waals surface area contributed by atoms with Crippen molar-refractivity contribution in [1.82, 2.24) is 9.38 Å². The van der Waals surface area contributed by atoms with Crippen LogP contribution in [0, 0.1) is 18.3 Å². The number of nitriles is 1. The summed E-state index contributed by atoms with van der Waals surface area (Å²) >= 11 is 0. The number of para-hydroxylation sites is 2. The molecule has 152 valence electrons. The van der Waals surface area contributed by atoms with Crippen molar-refractivity contribution in [2.75, 3.05) is 5.32 Å². The second kappa shape index (κ2) is 7.27. The van der Waals surface area contributed by atoms with Crippen LogP contribution in [0.15, 0.2) is 47.3 Å². The Kier molecular flexibility index (Phi) is 4.60. The van der Waals surface area contributed by atoms with Crippen LogP contribution in [0.1, 0.15) is 31.8 Å². The van der Waals surface area contributed by atoms with Crippen LogP contribution in [0.2, 0.25) is 0 Å². The van der Waals surface area contributed by atoms with Gasteiger partial charge in [0.1, 0.15) is 6.07 Å². The van der Waals surface area contributed by atoms with Gasteiger partial charge in [0, 0.05) is 11.9 Å². The summed E-state index contributed by atoms with van der Waals surface area (Å²) in [5, 5.41) is 31.1. The minimum absolute atomic E-state index is 0.171. The Labute approximate surface area is 174 Å². The summed E-state index contributed by atoms with van der Waals surface area (Å²) in [7, 11) is 0. The van der Waals surface area contributed by atoms with Crippen molar-refractivity contribution in [3.63, 3.8) is 0 Å². The van der Waals surface area contributed by atoms with Gasteiger partial charge in [-0.05, 0) is 42.8 Å². The third-order valence-electron chi connectivity index (χ3n) is 4.92. The molecule has 4 rings (SSSR count). The van der Waals surface area contributed by atoms with E-state index in [-0.39, 0.29) is 33.2 Å². The molecule has 0 saturated carbocycles. The van der Waals surface area contributed by atoms with E-state index in [4.69, 9.17) is 0 Å². The number of pyridine rings is 1. The highest BCUT2D eigenvalue weighted by molar-refractivity contribution is 5.95. The Bertz CT molecular complexity index is 1530. The number of nitrogens with zero attached hydrogens (tertiary/aromatic N) is 3. The van der Waals surface area contributed by atoms with Gasteiger partial charge in [0.25, 0.3) is 5.56 Å². The lowest BCUT2D eigenvalue weighted by molar-refractivity contribution is 0.0696. The molecule has 0 atom stereocenters. The van der Waals surface area contributed by atoms with Gasteiger partial charge in [-0.1, -0.05) is 12.1 Å². The molecule has 9 nitrogen and oxygen atoms in total. The van der Waals surface area contributed by atoms with Crippen LogP contribution in [0.3, 0.4) is 0 Å². The lowest BCUT2D eigenvalue weighted by Gasteiger charge is -2.06. The van der Waals surface area contributed by atoms with Crippen LogP contribution in [0.5, 0.6) is 0 Å². The van der Waals surface area contributed by atoms with Crippen molar-refractivity contribution in [2.24, 2.45) is 0 Å². The maximum absolute atomic E-state index is 13.2. The highest BCUT2D eigenvalue weighted by atomic mass is 16.4. The fraction of sp³-hybridized carbons (Fsp3) is 0.0455. The Morgan fingerprint density at radius 1 is 1.13 bits per heavy atom. The smallest absolute Gasteiger partial charge is 0.335 e. The van der Waals surface area contributed by atoms with E-state index in [1.165, 1.54) is 22.7 Å². The number of rotatable bonds is 4. The first-order chi connectivity index (χ1) is 14.8. The Morgan fingerprint density at radius 2 is 1.77 bits per heavy atom. The fourth-order valence-electron chi connectivity index (χ4n) is 3.40. The van der Waals surface area contributed by atoms with Crippen molar-refractivity contribution < 1.29 is 19.8 Å². The van der Waals surface area contributed by atoms with Crippen molar-refractivity contribution in [3.8, 4) is 6.07 Å². The second-order valence-corrected chi connectivity index (χ2v) is 6.79. The van der Waals surface area contributed by atoms with E-state index in [9.17, 15) is 29.9 Å². The quantitative estimate of drug-likeness (QED) is 0.460. The Balaban J connectivity index is 1.96. The zero-order valence-corrected chi connectivity index (χ0v) is 16.1. The molecule has 2 aromatic heterocycles. The molecule has 4 aromatic rings. The summed E-state index contributed by atoms with van der Waals surface area (Å²) < 4.78 is 1.35. The highest BCUT2D eigenvalue weighted by Gasteiger charge is 2.16. The minimum Gasteiger partial charge on any atom is -0.478 e. The zero-order chi connectivity index (χ0) is 22.3. The van der Waals surface area contributed by atoms with Crippen LogP contribution in [-0.2, 0) is 0 Å². The highest BCUT2D eigenvalue weighted by Crippen LogP contribution is 2.18. The molecule has 0 unspecified atom stereocenters. The fourth-order valence-corrected chi connectivity index (χ4v) is 3.40. The lowest BCUT2D eigenvalue weighted by atomic mass is 10.1. The number of carboxylic acids is 2. The summed E-state index contributed by atoms with van der Waals surface area (Å²) in [5.74, 6) is -2.57. The first-order valence-corrected chi connectivity index (χ1v) is 9.04. The van der Waals surface area contributed by atoms with Gasteiger partial charge in [-0.15, -0.1) is 0 Å². The maximum atomic E-state index is 13.2. The number of fused-ring (bicyclic) bond motifs is 3. The van der Waals surface area contributed by atoms with Gasteiger partial charge in [0.15, 0.2) is 5.65 Å². The number of hydrogen-bond donors (Lipinski definition) is 3. The second-order valence-electron chi connectivity index (χ2n) is 6.79. The van der Waals surface area contributed by atoms with E-state index >= 15 is 0 Å². The first kappa shape index (κ1) is 19.6. The number of nitrogens with one attached hydrogen (secondary N) is 1. The van der Waals surface area contributed by atoms with Crippen LogP contribution < -0.4 is 16.1 Å². The molecule has 0 bridgehead atoms. The Morgan fingerprint density at radius 3 is 2.39 bits per heavy atom. The first-order valence-electron chi connectivity index (χ1n) is 9.04. The molecular formula is C22H14N4O5. The average Bonchev–Trinajstić information content (AvgIpc) is 3.13. The monoisotopic (exact) mass is 414 g/mol. The Hall–Kier alpha value is -4.71. The van der Waals surface area contributed by atoms with E-state index in [1.54, 1.807) is 31.2 Å². The van der Waals surface area contributed by atoms with Crippen LogP contribution in [-0.4, -0.2) is 31.5 Å². The van der Waals surface area contributed by atoms with Crippen LogP contribution in [0.25, 0.3) is 22.9 Å². The van der Waals surface area contributed by atoms with E-state index < -0.39 is 17.5 Å². The molecule has 0 spiro atoms. The van der Waals surface area contributed by atoms with E-state index in [0.717, 1.165) is 6.07 Å². The largest absolute Gasteiger partial charge is 0.478 e. The zero-order valence-electron chi connectivity index (χ0n) is 16.1.